The molecule has 1 aromatic heterocycles. The molecule has 2 fully saturated rings. The van der Waals surface area contributed by atoms with Crippen molar-refractivity contribution >= 4 is 50.2 Å². The second kappa shape index (κ2) is 13.0. The summed E-state index contributed by atoms with van der Waals surface area (Å²) in [6.07, 6.45) is -0.171. The first kappa shape index (κ1) is 31.3. The highest BCUT2D eigenvalue weighted by Crippen LogP contribution is 2.33. The number of rotatable bonds is 9. The van der Waals surface area contributed by atoms with Gasteiger partial charge in [-0.25, -0.2) is 9.78 Å². The van der Waals surface area contributed by atoms with E-state index in [2.05, 4.69) is 10.3 Å². The zero-order valence-electron chi connectivity index (χ0n) is 26.6. The van der Waals surface area contributed by atoms with Crippen LogP contribution >= 0.6 is 11.3 Å². The van der Waals surface area contributed by atoms with Gasteiger partial charge in [-0.05, 0) is 48.7 Å². The number of hydrogen-bond donors (Lipinski definition) is 2. The van der Waals surface area contributed by atoms with Crippen LogP contribution in [-0.2, 0) is 29.1 Å². The van der Waals surface area contributed by atoms with Gasteiger partial charge in [-0.1, -0.05) is 65.9 Å². The average Bonchev–Trinajstić information content (AvgIpc) is 3.57. The van der Waals surface area contributed by atoms with E-state index in [4.69, 9.17) is 5.73 Å². The monoisotopic (exact) mass is 640 g/mol. The number of urea groups is 1. The summed E-state index contributed by atoms with van der Waals surface area (Å²) in [4.78, 5) is 51.9. The van der Waals surface area contributed by atoms with Crippen LogP contribution in [0.5, 0.6) is 0 Å². The molecule has 3 aromatic carbocycles. The van der Waals surface area contributed by atoms with Crippen LogP contribution in [0.15, 0.2) is 72.8 Å². The number of fused-ring (bicyclic) bond motifs is 2. The summed E-state index contributed by atoms with van der Waals surface area (Å²) in [5, 5.41) is 6.96. The second-order valence-electron chi connectivity index (χ2n) is 12.3. The Morgan fingerprint density at radius 3 is 2.46 bits per heavy atom. The van der Waals surface area contributed by atoms with E-state index in [0.717, 1.165) is 32.6 Å². The van der Waals surface area contributed by atoms with Crippen LogP contribution in [-0.4, -0.2) is 88.1 Å². The van der Waals surface area contributed by atoms with Crippen LogP contribution in [0.1, 0.15) is 30.5 Å². The fraction of sp³-hybridized carbons (Fsp3) is 0.353. The summed E-state index contributed by atoms with van der Waals surface area (Å²) in [6, 6.07) is 22.4. The van der Waals surface area contributed by atoms with Crippen molar-refractivity contribution in [3.05, 3.63) is 89.5 Å². The largest absolute Gasteiger partial charge is 0.378 e. The Morgan fingerprint density at radius 1 is 1.02 bits per heavy atom. The van der Waals surface area contributed by atoms with Crippen LogP contribution in [0.2, 0.25) is 0 Å². The van der Waals surface area contributed by atoms with Crippen LogP contribution in [0, 0.1) is 0 Å². The Labute approximate surface area is 273 Å². The summed E-state index contributed by atoms with van der Waals surface area (Å²) >= 11 is 1.41. The molecule has 4 aromatic rings. The van der Waals surface area contributed by atoms with E-state index in [1.807, 2.05) is 111 Å². The second-order valence-corrected chi connectivity index (χ2v) is 13.3. The minimum atomic E-state index is -0.734. The molecule has 11 nitrogen and oxygen atoms in total. The van der Waals surface area contributed by atoms with Crippen molar-refractivity contribution in [2.45, 2.75) is 51.6 Å². The number of hydrogen-bond acceptors (Lipinski definition) is 8. The third kappa shape index (κ3) is 6.22. The molecular weight excluding hydrogens is 600 g/mol. The van der Waals surface area contributed by atoms with Crippen molar-refractivity contribution in [1.82, 2.24) is 30.1 Å². The van der Waals surface area contributed by atoms with Gasteiger partial charge in [0.2, 0.25) is 11.8 Å². The molecule has 3 N–H and O–H groups in total. The van der Waals surface area contributed by atoms with E-state index in [-0.39, 0.29) is 37.0 Å². The average molecular weight is 641 g/mol. The Balaban J connectivity index is 1.32. The van der Waals surface area contributed by atoms with Crippen LogP contribution in [0.3, 0.4) is 0 Å². The Hall–Kier alpha value is -4.68. The lowest BCUT2D eigenvalue weighted by atomic mass is 9.99. The molecule has 3 heterocycles. The van der Waals surface area contributed by atoms with Crippen LogP contribution < -0.4 is 16.0 Å². The van der Waals surface area contributed by atoms with Gasteiger partial charge in [-0.3, -0.25) is 14.6 Å². The number of nitrogens with zero attached hydrogens (tertiary/aromatic N) is 6. The zero-order valence-corrected chi connectivity index (χ0v) is 27.4. The summed E-state index contributed by atoms with van der Waals surface area (Å²) in [5.41, 5.74) is 10.7. The Bertz CT molecular complexity index is 1730. The lowest BCUT2D eigenvalue weighted by Gasteiger charge is -2.47. The normalized spacial score (nSPS) is 18.4. The molecular formula is C34H40N8O3S. The van der Waals surface area contributed by atoms with Gasteiger partial charge in [-0.15, -0.1) is 0 Å². The molecule has 0 spiro atoms. The van der Waals surface area contributed by atoms with Crippen LogP contribution in [0.4, 0.5) is 15.6 Å². The number of para-hydroxylation sites is 1. The maximum absolute atomic E-state index is 14.3. The van der Waals surface area contributed by atoms with Crippen molar-refractivity contribution in [1.29, 1.82) is 0 Å². The highest BCUT2D eigenvalue weighted by atomic mass is 32.1. The van der Waals surface area contributed by atoms with Gasteiger partial charge in [-0.2, -0.15) is 5.01 Å². The topological polar surface area (TPSA) is 118 Å². The summed E-state index contributed by atoms with van der Waals surface area (Å²) in [6.45, 7) is 4.76. The molecule has 0 saturated carbocycles. The standard InChI is InChI=1S/C34H40N8O3S/c1-22(2)42(34(45)36-18-24-9-6-5-7-10-24)40-21-30(43)41-27(17-23-13-15-26(16-14-23)38(3)4)32(44)39(20-29(40)41)19-25-11-8-12-28-31(25)37-33(35)46-28/h5-16,22,27,29H,17-21H2,1-4H3,(H2,35,37)(H,36,45)/t27-,29+/m0/s1. The molecule has 2 atom stereocenters. The summed E-state index contributed by atoms with van der Waals surface area (Å²) in [5.74, 6) is -0.309. The lowest BCUT2D eigenvalue weighted by molar-refractivity contribution is -0.158. The van der Waals surface area contributed by atoms with Gasteiger partial charge in [0.25, 0.3) is 0 Å². The number of hydrazine groups is 1. The van der Waals surface area contributed by atoms with Gasteiger partial charge < -0.3 is 25.8 Å². The number of carbonyl (C=O) groups excluding carboxylic acids is 3. The first-order valence-corrected chi connectivity index (χ1v) is 16.3. The molecule has 0 bridgehead atoms. The summed E-state index contributed by atoms with van der Waals surface area (Å²) in [7, 11) is 3.96. The Morgan fingerprint density at radius 2 is 1.76 bits per heavy atom. The Kier molecular flexibility index (Phi) is 8.83. The molecule has 0 unspecified atom stereocenters. The molecule has 0 aliphatic carbocycles. The number of anilines is 2. The number of benzene rings is 3. The molecule has 0 radical (unpaired) electrons. The predicted octanol–water partition coefficient (Wildman–Crippen LogP) is 3.90. The SMILES string of the molecule is CC(C)N(C(=O)NCc1ccccc1)N1CC(=O)N2[C@@H](Cc3ccc(N(C)C)cc3)C(=O)N(Cc3cccc4sc(N)nc34)C[C@@H]21. The molecule has 2 saturated heterocycles. The fourth-order valence-electron chi connectivity index (χ4n) is 6.38. The van der Waals surface area contributed by atoms with Gasteiger partial charge >= 0.3 is 6.03 Å². The number of carbonyl (C=O) groups is 3. The van der Waals surface area contributed by atoms with Crippen molar-refractivity contribution in [2.75, 3.05) is 37.8 Å². The predicted molar refractivity (Wildman–Crippen MR) is 181 cm³/mol. The number of nitrogens with one attached hydrogen (secondary N) is 1. The van der Waals surface area contributed by atoms with E-state index in [1.165, 1.54) is 11.3 Å². The van der Waals surface area contributed by atoms with Crippen molar-refractivity contribution in [3.63, 3.8) is 0 Å². The summed E-state index contributed by atoms with van der Waals surface area (Å²) < 4.78 is 0.956. The quantitative estimate of drug-likeness (QED) is 0.285. The van der Waals surface area contributed by atoms with E-state index in [0.29, 0.717) is 24.6 Å². The first-order chi connectivity index (χ1) is 22.1. The minimum Gasteiger partial charge on any atom is -0.378 e. The zero-order chi connectivity index (χ0) is 32.5. The van der Waals surface area contributed by atoms with Gasteiger partial charge in [0.15, 0.2) is 5.13 Å². The van der Waals surface area contributed by atoms with E-state index >= 15 is 0 Å². The van der Waals surface area contributed by atoms with Crippen molar-refractivity contribution in [2.24, 2.45) is 0 Å². The highest BCUT2D eigenvalue weighted by molar-refractivity contribution is 7.22. The first-order valence-electron chi connectivity index (χ1n) is 15.5. The minimum absolute atomic E-state index is 0.00298. The van der Waals surface area contributed by atoms with E-state index in [1.54, 1.807) is 14.8 Å². The van der Waals surface area contributed by atoms with E-state index < -0.39 is 12.2 Å². The van der Waals surface area contributed by atoms with Gasteiger partial charge in [0.05, 0.1) is 23.3 Å². The fourth-order valence-corrected chi connectivity index (χ4v) is 7.16. The number of nitrogen functional groups attached to an aromatic ring is 1. The smallest absolute Gasteiger partial charge is 0.332 e. The van der Waals surface area contributed by atoms with E-state index in [9.17, 15) is 14.4 Å². The molecule has 46 heavy (non-hydrogen) atoms. The molecule has 2 aliphatic rings. The molecule has 240 valence electrons. The van der Waals surface area contributed by atoms with Gasteiger partial charge in [0.1, 0.15) is 12.2 Å². The van der Waals surface area contributed by atoms with Crippen molar-refractivity contribution < 1.29 is 14.4 Å². The van der Waals surface area contributed by atoms with Crippen molar-refractivity contribution in [3.8, 4) is 0 Å². The molecule has 2 aliphatic heterocycles. The maximum atomic E-state index is 14.3. The van der Waals surface area contributed by atoms with Gasteiger partial charge in [0, 0.05) is 45.3 Å². The third-order valence-electron chi connectivity index (χ3n) is 8.59. The number of nitrogens with two attached hydrogens (primary N) is 1. The number of aromatic nitrogens is 1. The van der Waals surface area contributed by atoms with Crippen LogP contribution in [0.25, 0.3) is 10.2 Å². The maximum Gasteiger partial charge on any atom is 0.332 e. The number of amides is 4. The highest BCUT2D eigenvalue weighted by Gasteiger charge is 2.52. The third-order valence-corrected chi connectivity index (χ3v) is 9.44. The number of piperazine rings is 1. The molecule has 6 rings (SSSR count). The molecule has 12 heteroatoms. The number of thiazole rings is 1. The molecule has 4 amide bonds. The lowest BCUT2D eigenvalue weighted by Crippen LogP contribution is -2.66.